The van der Waals surface area contributed by atoms with Gasteiger partial charge in [0.15, 0.2) is 0 Å². The molecule has 2 heterocycles. The van der Waals surface area contributed by atoms with Crippen LogP contribution >= 0.6 is 0 Å². The quantitative estimate of drug-likeness (QED) is 0.699. The van der Waals surface area contributed by atoms with Crippen LogP contribution in [-0.4, -0.2) is 41.5 Å². The van der Waals surface area contributed by atoms with Crippen LogP contribution in [0, 0.1) is 0 Å². The molecule has 0 radical (unpaired) electrons. The fourth-order valence-electron chi connectivity index (χ4n) is 4.07. The minimum Gasteiger partial charge on any atom is -0.361 e. The predicted molar refractivity (Wildman–Crippen MR) is 110 cm³/mol. The Morgan fingerprint density at radius 1 is 1.07 bits per heavy atom. The molecule has 2 aromatic carbocycles. The maximum absolute atomic E-state index is 12.7. The summed E-state index contributed by atoms with van der Waals surface area (Å²) >= 11 is 0. The SMILES string of the molecule is C[C@@H](NC[C@H](c1ccccc1)c1c[nH]c2ccccc12)C(=O)N1CCCC1. The lowest BCUT2D eigenvalue weighted by molar-refractivity contribution is -0.131. The second kappa shape index (κ2) is 7.97. The lowest BCUT2D eigenvalue weighted by Gasteiger charge is -2.24. The average Bonchev–Trinajstić information content (AvgIpc) is 3.39. The highest BCUT2D eigenvalue weighted by molar-refractivity contribution is 5.84. The molecule has 0 aliphatic carbocycles. The molecule has 0 bridgehead atoms. The van der Waals surface area contributed by atoms with Crippen LogP contribution in [0.1, 0.15) is 36.8 Å². The van der Waals surface area contributed by atoms with Crippen LogP contribution in [0.4, 0.5) is 0 Å². The van der Waals surface area contributed by atoms with Gasteiger partial charge in [0.25, 0.3) is 0 Å². The van der Waals surface area contributed by atoms with E-state index in [4.69, 9.17) is 0 Å². The van der Waals surface area contributed by atoms with Gasteiger partial charge in [0.05, 0.1) is 6.04 Å². The first-order chi connectivity index (χ1) is 13.2. The number of fused-ring (bicyclic) bond motifs is 1. The van der Waals surface area contributed by atoms with E-state index >= 15 is 0 Å². The van der Waals surface area contributed by atoms with E-state index in [-0.39, 0.29) is 17.9 Å². The standard InChI is InChI=1S/C23H27N3O/c1-17(23(27)26-13-7-8-14-26)24-15-20(18-9-3-2-4-10-18)21-16-25-22-12-6-5-11-19(21)22/h2-6,9-12,16-17,20,24-25H,7-8,13-15H2,1H3/t17-,20-/m1/s1. The predicted octanol–water partition coefficient (Wildman–Crippen LogP) is 3.90. The van der Waals surface area contributed by atoms with Gasteiger partial charge in [0.1, 0.15) is 0 Å². The smallest absolute Gasteiger partial charge is 0.239 e. The summed E-state index contributed by atoms with van der Waals surface area (Å²) in [5, 5.41) is 4.75. The van der Waals surface area contributed by atoms with Crippen molar-refractivity contribution in [2.24, 2.45) is 0 Å². The average molecular weight is 361 g/mol. The number of rotatable bonds is 6. The third kappa shape index (κ3) is 3.76. The zero-order valence-electron chi connectivity index (χ0n) is 15.8. The number of hydrogen-bond acceptors (Lipinski definition) is 2. The molecule has 1 aromatic heterocycles. The van der Waals surface area contributed by atoms with Gasteiger partial charge >= 0.3 is 0 Å². The molecule has 1 aliphatic rings. The maximum atomic E-state index is 12.7. The molecule has 4 heteroatoms. The van der Waals surface area contributed by atoms with Gasteiger partial charge < -0.3 is 15.2 Å². The van der Waals surface area contributed by atoms with Crippen molar-refractivity contribution in [2.45, 2.75) is 31.7 Å². The van der Waals surface area contributed by atoms with E-state index in [0.29, 0.717) is 0 Å². The van der Waals surface area contributed by atoms with Gasteiger partial charge in [0.2, 0.25) is 5.91 Å². The summed E-state index contributed by atoms with van der Waals surface area (Å²) in [6, 6.07) is 18.8. The number of carbonyl (C=O) groups is 1. The summed E-state index contributed by atoms with van der Waals surface area (Å²) in [4.78, 5) is 18.0. The van der Waals surface area contributed by atoms with E-state index in [1.54, 1.807) is 0 Å². The third-order valence-corrected chi connectivity index (χ3v) is 5.61. The van der Waals surface area contributed by atoms with Gasteiger partial charge in [-0.25, -0.2) is 0 Å². The Morgan fingerprint density at radius 2 is 1.78 bits per heavy atom. The molecule has 2 N–H and O–H groups in total. The number of nitrogens with one attached hydrogen (secondary N) is 2. The van der Waals surface area contributed by atoms with E-state index in [1.165, 1.54) is 16.5 Å². The first kappa shape index (κ1) is 17.8. The van der Waals surface area contributed by atoms with Gasteiger partial charge in [-0.3, -0.25) is 4.79 Å². The first-order valence-corrected chi connectivity index (χ1v) is 9.87. The molecule has 0 spiro atoms. The summed E-state index contributed by atoms with van der Waals surface area (Å²) in [7, 11) is 0. The second-order valence-corrected chi connectivity index (χ2v) is 7.42. The van der Waals surface area contributed by atoms with Gasteiger partial charge in [-0.2, -0.15) is 0 Å². The summed E-state index contributed by atoms with van der Waals surface area (Å²) in [5.41, 5.74) is 3.68. The number of nitrogens with zero attached hydrogens (tertiary/aromatic N) is 1. The third-order valence-electron chi connectivity index (χ3n) is 5.61. The van der Waals surface area contributed by atoms with E-state index < -0.39 is 0 Å². The highest BCUT2D eigenvalue weighted by atomic mass is 16.2. The molecule has 1 saturated heterocycles. The van der Waals surface area contributed by atoms with Gasteiger partial charge in [-0.15, -0.1) is 0 Å². The maximum Gasteiger partial charge on any atom is 0.239 e. The molecule has 4 nitrogen and oxygen atoms in total. The number of para-hydroxylation sites is 1. The van der Waals surface area contributed by atoms with Crippen LogP contribution in [0.15, 0.2) is 60.8 Å². The number of carbonyl (C=O) groups excluding carboxylic acids is 1. The van der Waals surface area contributed by atoms with Crippen molar-refractivity contribution in [3.8, 4) is 0 Å². The first-order valence-electron chi connectivity index (χ1n) is 9.87. The molecule has 1 aliphatic heterocycles. The molecule has 140 valence electrons. The minimum absolute atomic E-state index is 0.167. The number of hydrogen-bond donors (Lipinski definition) is 2. The number of benzene rings is 2. The van der Waals surface area contributed by atoms with Crippen LogP contribution in [0.5, 0.6) is 0 Å². The number of aromatic amines is 1. The number of aromatic nitrogens is 1. The van der Waals surface area contributed by atoms with Gasteiger partial charge in [-0.1, -0.05) is 48.5 Å². The van der Waals surface area contributed by atoms with Crippen molar-refractivity contribution >= 4 is 16.8 Å². The highest BCUT2D eigenvalue weighted by Gasteiger charge is 2.25. The van der Waals surface area contributed by atoms with Crippen molar-refractivity contribution in [3.05, 3.63) is 71.9 Å². The summed E-state index contributed by atoms with van der Waals surface area (Å²) < 4.78 is 0. The zero-order valence-corrected chi connectivity index (χ0v) is 15.8. The molecule has 2 atom stereocenters. The van der Waals surface area contributed by atoms with Crippen molar-refractivity contribution in [2.75, 3.05) is 19.6 Å². The van der Waals surface area contributed by atoms with Crippen molar-refractivity contribution in [3.63, 3.8) is 0 Å². The van der Waals surface area contributed by atoms with Gasteiger partial charge in [-0.05, 0) is 37.0 Å². The van der Waals surface area contributed by atoms with Crippen LogP contribution in [0.3, 0.4) is 0 Å². The normalized spacial score (nSPS) is 16.6. The van der Waals surface area contributed by atoms with Crippen molar-refractivity contribution < 1.29 is 4.79 Å². The van der Waals surface area contributed by atoms with Crippen molar-refractivity contribution in [1.29, 1.82) is 0 Å². The Labute approximate surface area is 160 Å². The molecular formula is C23H27N3O. The highest BCUT2D eigenvalue weighted by Crippen LogP contribution is 2.30. The summed E-state index contributed by atoms with van der Waals surface area (Å²) in [6.07, 6.45) is 4.36. The molecular weight excluding hydrogens is 334 g/mol. The second-order valence-electron chi connectivity index (χ2n) is 7.42. The molecule has 0 saturated carbocycles. The van der Waals surface area contributed by atoms with E-state index in [2.05, 4.69) is 65.0 Å². The summed E-state index contributed by atoms with van der Waals surface area (Å²) in [5.74, 6) is 0.411. The number of H-pyrrole nitrogens is 1. The van der Waals surface area contributed by atoms with Crippen LogP contribution in [0.25, 0.3) is 10.9 Å². The Kier molecular flexibility index (Phi) is 5.26. The van der Waals surface area contributed by atoms with E-state index in [1.807, 2.05) is 17.9 Å². The molecule has 0 unspecified atom stereocenters. The molecule has 27 heavy (non-hydrogen) atoms. The molecule has 4 rings (SSSR count). The van der Waals surface area contributed by atoms with E-state index in [0.717, 1.165) is 38.0 Å². The van der Waals surface area contributed by atoms with Crippen molar-refractivity contribution in [1.82, 2.24) is 15.2 Å². The monoisotopic (exact) mass is 361 g/mol. The van der Waals surface area contributed by atoms with E-state index in [9.17, 15) is 4.79 Å². The molecule has 1 fully saturated rings. The largest absolute Gasteiger partial charge is 0.361 e. The number of amides is 1. The zero-order chi connectivity index (χ0) is 18.6. The topological polar surface area (TPSA) is 48.1 Å². The lowest BCUT2D eigenvalue weighted by atomic mass is 9.90. The summed E-state index contributed by atoms with van der Waals surface area (Å²) in [6.45, 7) is 4.51. The Bertz CT molecular complexity index is 896. The van der Waals surface area contributed by atoms with Crippen LogP contribution in [0.2, 0.25) is 0 Å². The van der Waals surface area contributed by atoms with Crippen LogP contribution in [-0.2, 0) is 4.79 Å². The Morgan fingerprint density at radius 3 is 2.56 bits per heavy atom. The molecule has 3 aromatic rings. The Balaban J connectivity index is 1.57. The lowest BCUT2D eigenvalue weighted by Crippen LogP contribution is -2.44. The minimum atomic E-state index is -0.167. The fraction of sp³-hybridized carbons (Fsp3) is 0.348. The number of likely N-dealkylation sites (tertiary alicyclic amines) is 1. The Hall–Kier alpha value is -2.59. The fourth-order valence-corrected chi connectivity index (χ4v) is 4.07. The van der Waals surface area contributed by atoms with Gasteiger partial charge in [0, 0.05) is 42.7 Å². The molecule has 1 amide bonds. The van der Waals surface area contributed by atoms with Crippen LogP contribution < -0.4 is 5.32 Å².